The first-order chi connectivity index (χ1) is 5.57. The zero-order valence-electron chi connectivity index (χ0n) is 7.10. The van der Waals surface area contributed by atoms with Crippen LogP contribution in [0.1, 0.15) is 12.6 Å². The molecule has 2 N–H and O–H groups in total. The minimum absolute atomic E-state index is 0.0602. The topological polar surface area (TPSA) is 48.0 Å². The van der Waals surface area contributed by atoms with Gasteiger partial charge in [0.25, 0.3) is 5.56 Å². The van der Waals surface area contributed by atoms with E-state index in [1.54, 1.807) is 10.6 Å². The van der Waals surface area contributed by atoms with E-state index in [-0.39, 0.29) is 5.56 Å². The van der Waals surface area contributed by atoms with E-state index in [0.717, 1.165) is 5.69 Å². The molecule has 1 heterocycles. The summed E-state index contributed by atoms with van der Waals surface area (Å²) < 4.78 is 2.12. The van der Waals surface area contributed by atoms with Gasteiger partial charge in [-0.1, -0.05) is 0 Å². The normalized spacial score (nSPS) is 10.2. The Morgan fingerprint density at radius 3 is 2.75 bits per heavy atom. The van der Waals surface area contributed by atoms with Crippen molar-refractivity contribution < 1.29 is 0 Å². The Balaban J connectivity index is 3.52. The van der Waals surface area contributed by atoms with Crippen LogP contribution in [0.4, 0.5) is 5.69 Å². The molecule has 3 nitrogen and oxygen atoms in total. The van der Waals surface area contributed by atoms with Crippen molar-refractivity contribution in [2.45, 2.75) is 20.4 Å². The van der Waals surface area contributed by atoms with E-state index < -0.39 is 0 Å². The molecule has 0 aromatic carbocycles. The number of halogens is 1. The lowest BCUT2D eigenvalue weighted by Crippen LogP contribution is -2.22. The van der Waals surface area contributed by atoms with Gasteiger partial charge < -0.3 is 10.3 Å². The van der Waals surface area contributed by atoms with Crippen LogP contribution >= 0.6 is 15.9 Å². The Bertz CT molecular complexity index is 357. The summed E-state index contributed by atoms with van der Waals surface area (Å²) in [5.74, 6) is 0. The Morgan fingerprint density at radius 2 is 2.25 bits per heavy atom. The highest BCUT2D eigenvalue weighted by Gasteiger charge is 2.05. The van der Waals surface area contributed by atoms with Crippen LogP contribution in [0, 0.1) is 6.92 Å². The molecular formula is C8H11BrN2O. The lowest BCUT2D eigenvalue weighted by atomic mass is 10.3. The van der Waals surface area contributed by atoms with Crippen molar-refractivity contribution in [1.82, 2.24) is 4.57 Å². The van der Waals surface area contributed by atoms with Crippen LogP contribution in [0.5, 0.6) is 0 Å². The summed E-state index contributed by atoms with van der Waals surface area (Å²) >= 11 is 3.15. The maximum Gasteiger partial charge on any atom is 0.267 e. The number of aromatic nitrogens is 1. The third-order valence-corrected chi connectivity index (χ3v) is 2.59. The Morgan fingerprint density at radius 1 is 1.67 bits per heavy atom. The number of anilines is 1. The fraction of sp³-hybridized carbons (Fsp3) is 0.375. The fourth-order valence-electron chi connectivity index (χ4n) is 1.16. The molecule has 1 aromatic rings. The molecule has 0 atom stereocenters. The first-order valence-corrected chi connectivity index (χ1v) is 4.52. The van der Waals surface area contributed by atoms with Crippen molar-refractivity contribution >= 4 is 21.6 Å². The largest absolute Gasteiger partial charge is 0.398 e. The average Bonchev–Trinajstić information content (AvgIpc) is 2.01. The van der Waals surface area contributed by atoms with Crippen molar-refractivity contribution in [2.24, 2.45) is 0 Å². The number of nitrogens with two attached hydrogens (primary N) is 1. The predicted molar refractivity (Wildman–Crippen MR) is 53.2 cm³/mol. The first-order valence-electron chi connectivity index (χ1n) is 3.73. The second-order valence-corrected chi connectivity index (χ2v) is 3.40. The van der Waals surface area contributed by atoms with E-state index in [4.69, 9.17) is 5.73 Å². The third kappa shape index (κ3) is 1.39. The van der Waals surface area contributed by atoms with E-state index in [2.05, 4.69) is 15.9 Å². The van der Waals surface area contributed by atoms with E-state index in [1.807, 2.05) is 13.8 Å². The van der Waals surface area contributed by atoms with Crippen molar-refractivity contribution in [3.63, 3.8) is 0 Å². The molecule has 0 unspecified atom stereocenters. The number of hydrogen-bond acceptors (Lipinski definition) is 2. The molecule has 0 saturated heterocycles. The summed E-state index contributed by atoms with van der Waals surface area (Å²) in [6.07, 6.45) is 0. The highest BCUT2D eigenvalue weighted by atomic mass is 79.9. The van der Waals surface area contributed by atoms with E-state index in [1.165, 1.54) is 0 Å². The molecule has 0 aliphatic heterocycles. The molecule has 0 fully saturated rings. The lowest BCUT2D eigenvalue weighted by Gasteiger charge is -2.08. The summed E-state index contributed by atoms with van der Waals surface area (Å²) in [4.78, 5) is 11.5. The molecule has 0 radical (unpaired) electrons. The van der Waals surface area contributed by atoms with Crippen LogP contribution in [0.2, 0.25) is 0 Å². The number of nitrogen functional groups attached to an aromatic ring is 1. The standard InChI is InChI=1S/C8H11BrN2O/c1-3-11-5(2)4-6(10)7(9)8(11)12/h4H,3,10H2,1-2H3. The molecule has 0 aliphatic rings. The molecule has 0 spiro atoms. The highest BCUT2D eigenvalue weighted by molar-refractivity contribution is 9.10. The molecule has 1 aromatic heterocycles. The van der Waals surface area contributed by atoms with Crippen LogP contribution in [-0.4, -0.2) is 4.57 Å². The summed E-state index contributed by atoms with van der Waals surface area (Å²) in [5, 5.41) is 0. The summed E-state index contributed by atoms with van der Waals surface area (Å²) in [6.45, 7) is 4.47. The van der Waals surface area contributed by atoms with Gasteiger partial charge >= 0.3 is 0 Å². The molecule has 1 rings (SSSR count). The second kappa shape index (κ2) is 3.31. The number of aryl methyl sites for hydroxylation is 1. The predicted octanol–water partition coefficient (Wildman–Crippen LogP) is 1.52. The lowest BCUT2D eigenvalue weighted by molar-refractivity contribution is 0.698. The Kier molecular flexibility index (Phi) is 2.57. The van der Waals surface area contributed by atoms with Gasteiger partial charge in [-0.25, -0.2) is 0 Å². The molecular weight excluding hydrogens is 220 g/mol. The van der Waals surface area contributed by atoms with E-state index >= 15 is 0 Å². The minimum atomic E-state index is -0.0602. The van der Waals surface area contributed by atoms with Gasteiger partial charge in [-0.2, -0.15) is 0 Å². The van der Waals surface area contributed by atoms with E-state index in [9.17, 15) is 4.79 Å². The zero-order valence-corrected chi connectivity index (χ0v) is 8.68. The first kappa shape index (κ1) is 9.32. The molecule has 0 saturated carbocycles. The second-order valence-electron chi connectivity index (χ2n) is 2.60. The van der Waals surface area contributed by atoms with Crippen LogP contribution in [0.25, 0.3) is 0 Å². The average molecular weight is 231 g/mol. The SMILES string of the molecule is CCn1c(C)cc(N)c(Br)c1=O. The number of rotatable bonds is 1. The smallest absolute Gasteiger partial charge is 0.267 e. The van der Waals surface area contributed by atoms with Gasteiger partial charge in [0, 0.05) is 12.2 Å². The molecule has 66 valence electrons. The molecule has 0 bridgehead atoms. The van der Waals surface area contributed by atoms with Crippen molar-refractivity contribution in [1.29, 1.82) is 0 Å². The van der Waals surface area contributed by atoms with Crippen LogP contribution in [0.15, 0.2) is 15.3 Å². The zero-order chi connectivity index (χ0) is 9.30. The van der Waals surface area contributed by atoms with Gasteiger partial charge in [0.2, 0.25) is 0 Å². The summed E-state index contributed by atoms with van der Waals surface area (Å²) in [7, 11) is 0. The number of nitrogens with zero attached hydrogens (tertiary/aromatic N) is 1. The number of hydrogen-bond donors (Lipinski definition) is 1. The maximum atomic E-state index is 11.5. The highest BCUT2D eigenvalue weighted by Crippen LogP contribution is 2.15. The van der Waals surface area contributed by atoms with Gasteiger partial charge in [0.05, 0.1) is 5.69 Å². The third-order valence-electron chi connectivity index (χ3n) is 1.79. The molecule has 4 heteroatoms. The summed E-state index contributed by atoms with van der Waals surface area (Å²) in [5.41, 5.74) is 6.92. The summed E-state index contributed by atoms with van der Waals surface area (Å²) in [6, 6.07) is 1.79. The van der Waals surface area contributed by atoms with Crippen molar-refractivity contribution in [3.05, 3.63) is 26.6 Å². The van der Waals surface area contributed by atoms with Gasteiger partial charge in [0.15, 0.2) is 0 Å². The van der Waals surface area contributed by atoms with Crippen LogP contribution < -0.4 is 11.3 Å². The van der Waals surface area contributed by atoms with Gasteiger partial charge in [0.1, 0.15) is 4.47 Å². The van der Waals surface area contributed by atoms with Crippen LogP contribution in [-0.2, 0) is 6.54 Å². The van der Waals surface area contributed by atoms with Crippen molar-refractivity contribution in [3.8, 4) is 0 Å². The Labute approximate surface area is 79.3 Å². The van der Waals surface area contributed by atoms with Crippen LogP contribution in [0.3, 0.4) is 0 Å². The van der Waals surface area contributed by atoms with Gasteiger partial charge in [-0.05, 0) is 35.8 Å². The van der Waals surface area contributed by atoms with Gasteiger partial charge in [-0.3, -0.25) is 4.79 Å². The number of pyridine rings is 1. The van der Waals surface area contributed by atoms with Crippen molar-refractivity contribution in [2.75, 3.05) is 5.73 Å². The quantitative estimate of drug-likeness (QED) is 0.796. The molecule has 12 heavy (non-hydrogen) atoms. The Hall–Kier alpha value is -0.770. The molecule has 0 aliphatic carbocycles. The monoisotopic (exact) mass is 230 g/mol. The van der Waals surface area contributed by atoms with Gasteiger partial charge in [-0.15, -0.1) is 0 Å². The maximum absolute atomic E-state index is 11.5. The minimum Gasteiger partial charge on any atom is -0.398 e. The van der Waals surface area contributed by atoms with E-state index in [0.29, 0.717) is 16.7 Å². The molecule has 0 amide bonds. The fourth-order valence-corrected chi connectivity index (χ4v) is 1.49.